The zero-order valence-electron chi connectivity index (χ0n) is 13.6. The van der Waals surface area contributed by atoms with Crippen molar-refractivity contribution in [2.75, 3.05) is 10.2 Å². The minimum Gasteiger partial charge on any atom is -0.373 e. The Kier molecular flexibility index (Phi) is 3.90. The minimum absolute atomic E-state index is 0.158. The third-order valence-electron chi connectivity index (χ3n) is 4.32. The molecule has 2 aromatic rings. The Hall–Kier alpha value is -2.62. The number of amides is 2. The summed E-state index contributed by atoms with van der Waals surface area (Å²) in [6, 6.07) is 13.0. The van der Waals surface area contributed by atoms with Crippen molar-refractivity contribution in [3.63, 3.8) is 0 Å². The standard InChI is InChI=1S/C19H20N2O2/c1-12-6-4-8-15(10-12)20-16-11-18(22)21(19(16)23)17-9-5-7-13(2)14(17)3/h4-10,16,20H,11H2,1-3H3/t16-/m0/s1. The summed E-state index contributed by atoms with van der Waals surface area (Å²) < 4.78 is 0. The van der Waals surface area contributed by atoms with Crippen LogP contribution in [0.25, 0.3) is 0 Å². The second-order valence-corrected chi connectivity index (χ2v) is 6.06. The number of nitrogens with zero attached hydrogens (tertiary/aromatic N) is 1. The maximum Gasteiger partial charge on any atom is 0.256 e. The monoisotopic (exact) mass is 308 g/mol. The van der Waals surface area contributed by atoms with Crippen LogP contribution in [0.5, 0.6) is 0 Å². The van der Waals surface area contributed by atoms with Crippen LogP contribution in [-0.2, 0) is 9.59 Å². The number of nitrogens with one attached hydrogen (secondary N) is 1. The van der Waals surface area contributed by atoms with E-state index in [0.29, 0.717) is 5.69 Å². The molecule has 2 amide bonds. The highest BCUT2D eigenvalue weighted by Gasteiger charge is 2.40. The predicted octanol–water partition coefficient (Wildman–Crippen LogP) is 3.36. The Morgan fingerprint density at radius 1 is 1.04 bits per heavy atom. The van der Waals surface area contributed by atoms with Gasteiger partial charge in [-0.1, -0.05) is 24.3 Å². The van der Waals surface area contributed by atoms with Gasteiger partial charge in [0.05, 0.1) is 12.1 Å². The van der Waals surface area contributed by atoms with E-state index in [-0.39, 0.29) is 18.2 Å². The minimum atomic E-state index is -0.510. The Labute approximate surface area is 136 Å². The molecule has 1 saturated heterocycles. The lowest BCUT2D eigenvalue weighted by Crippen LogP contribution is -2.35. The number of rotatable bonds is 3. The first-order valence-corrected chi connectivity index (χ1v) is 7.73. The van der Waals surface area contributed by atoms with Crippen molar-refractivity contribution in [1.82, 2.24) is 0 Å². The molecule has 3 rings (SSSR count). The highest BCUT2D eigenvalue weighted by Crippen LogP contribution is 2.29. The first-order chi connectivity index (χ1) is 11.0. The van der Waals surface area contributed by atoms with Crippen LogP contribution in [0.1, 0.15) is 23.1 Å². The Balaban J connectivity index is 1.87. The van der Waals surface area contributed by atoms with Crippen molar-refractivity contribution in [2.24, 2.45) is 0 Å². The van der Waals surface area contributed by atoms with E-state index in [1.54, 1.807) is 0 Å². The average molecular weight is 308 g/mol. The molecule has 1 heterocycles. The molecule has 118 valence electrons. The van der Waals surface area contributed by atoms with Crippen molar-refractivity contribution in [2.45, 2.75) is 33.2 Å². The lowest BCUT2D eigenvalue weighted by atomic mass is 10.1. The molecular formula is C19H20N2O2. The third-order valence-corrected chi connectivity index (χ3v) is 4.32. The summed E-state index contributed by atoms with van der Waals surface area (Å²) in [6.45, 7) is 5.91. The molecule has 0 unspecified atom stereocenters. The molecule has 1 aliphatic rings. The lowest BCUT2D eigenvalue weighted by molar-refractivity contribution is -0.121. The van der Waals surface area contributed by atoms with Crippen LogP contribution in [0.4, 0.5) is 11.4 Å². The predicted molar refractivity (Wildman–Crippen MR) is 91.6 cm³/mol. The topological polar surface area (TPSA) is 49.4 Å². The van der Waals surface area contributed by atoms with Crippen molar-refractivity contribution < 1.29 is 9.59 Å². The van der Waals surface area contributed by atoms with Crippen LogP contribution in [-0.4, -0.2) is 17.9 Å². The van der Waals surface area contributed by atoms with Gasteiger partial charge in [0, 0.05) is 5.69 Å². The van der Waals surface area contributed by atoms with Crippen molar-refractivity contribution >= 4 is 23.2 Å². The van der Waals surface area contributed by atoms with E-state index in [0.717, 1.165) is 22.4 Å². The number of aryl methyl sites for hydroxylation is 2. The fraction of sp³-hybridized carbons (Fsp3) is 0.263. The van der Waals surface area contributed by atoms with Crippen LogP contribution in [0.2, 0.25) is 0 Å². The quantitative estimate of drug-likeness (QED) is 0.885. The average Bonchev–Trinajstić information content (AvgIpc) is 2.77. The summed E-state index contributed by atoms with van der Waals surface area (Å²) >= 11 is 0. The van der Waals surface area contributed by atoms with Crippen molar-refractivity contribution in [3.8, 4) is 0 Å². The van der Waals surface area contributed by atoms with Gasteiger partial charge >= 0.3 is 0 Å². The van der Waals surface area contributed by atoms with Crippen LogP contribution in [0.15, 0.2) is 42.5 Å². The Morgan fingerprint density at radius 3 is 2.52 bits per heavy atom. The van der Waals surface area contributed by atoms with Gasteiger partial charge in [0.15, 0.2) is 0 Å². The third kappa shape index (κ3) is 2.84. The van der Waals surface area contributed by atoms with Crippen molar-refractivity contribution in [1.29, 1.82) is 0 Å². The molecule has 23 heavy (non-hydrogen) atoms. The normalized spacial score (nSPS) is 17.7. The molecule has 1 N–H and O–H groups in total. The lowest BCUT2D eigenvalue weighted by Gasteiger charge is -2.19. The summed E-state index contributed by atoms with van der Waals surface area (Å²) in [5, 5.41) is 3.18. The first-order valence-electron chi connectivity index (χ1n) is 7.73. The molecule has 4 nitrogen and oxygen atoms in total. The number of imide groups is 1. The summed E-state index contributed by atoms with van der Waals surface area (Å²) in [4.78, 5) is 26.4. The van der Waals surface area contributed by atoms with Crippen LogP contribution >= 0.6 is 0 Å². The summed E-state index contributed by atoms with van der Waals surface area (Å²) in [7, 11) is 0. The second-order valence-electron chi connectivity index (χ2n) is 6.06. The van der Waals surface area contributed by atoms with Gasteiger partial charge in [-0.3, -0.25) is 9.59 Å². The van der Waals surface area contributed by atoms with E-state index >= 15 is 0 Å². The van der Waals surface area contributed by atoms with E-state index in [1.165, 1.54) is 4.90 Å². The highest BCUT2D eigenvalue weighted by molar-refractivity contribution is 6.23. The number of carbonyl (C=O) groups is 2. The van der Waals surface area contributed by atoms with Crippen LogP contribution in [0, 0.1) is 20.8 Å². The fourth-order valence-corrected chi connectivity index (χ4v) is 2.91. The molecule has 0 radical (unpaired) electrons. The molecule has 1 fully saturated rings. The summed E-state index contributed by atoms with van der Waals surface area (Å²) in [6.07, 6.45) is 0.181. The number of carbonyl (C=O) groups excluding carboxylic acids is 2. The summed E-state index contributed by atoms with van der Waals surface area (Å²) in [5.41, 5.74) is 4.69. The number of hydrogen-bond acceptors (Lipinski definition) is 3. The highest BCUT2D eigenvalue weighted by atomic mass is 16.2. The number of anilines is 2. The SMILES string of the molecule is Cc1cccc(N[C@H]2CC(=O)N(c3cccc(C)c3C)C2=O)c1. The number of benzene rings is 2. The van der Waals surface area contributed by atoms with E-state index in [1.807, 2.05) is 63.2 Å². The molecule has 1 atom stereocenters. The van der Waals surface area contributed by atoms with Gasteiger partial charge in [0.1, 0.15) is 6.04 Å². The Morgan fingerprint density at radius 2 is 1.78 bits per heavy atom. The molecule has 2 aromatic carbocycles. The van der Waals surface area contributed by atoms with E-state index in [4.69, 9.17) is 0 Å². The molecule has 0 bridgehead atoms. The van der Waals surface area contributed by atoms with Gasteiger partial charge in [-0.25, -0.2) is 4.90 Å². The van der Waals surface area contributed by atoms with Crippen LogP contribution in [0.3, 0.4) is 0 Å². The second kappa shape index (κ2) is 5.88. The smallest absolute Gasteiger partial charge is 0.256 e. The molecule has 0 spiro atoms. The van der Waals surface area contributed by atoms with E-state index < -0.39 is 6.04 Å². The van der Waals surface area contributed by atoms with Gasteiger partial charge < -0.3 is 5.32 Å². The van der Waals surface area contributed by atoms with Crippen LogP contribution < -0.4 is 10.2 Å². The maximum atomic E-state index is 12.7. The van der Waals surface area contributed by atoms with E-state index in [2.05, 4.69) is 5.32 Å². The summed E-state index contributed by atoms with van der Waals surface area (Å²) in [5.74, 6) is -0.348. The molecule has 1 aliphatic heterocycles. The van der Waals surface area contributed by atoms with E-state index in [9.17, 15) is 9.59 Å². The fourth-order valence-electron chi connectivity index (χ4n) is 2.91. The van der Waals surface area contributed by atoms with Gasteiger partial charge in [-0.05, 0) is 55.7 Å². The van der Waals surface area contributed by atoms with Gasteiger partial charge in [0.2, 0.25) is 5.91 Å². The number of hydrogen-bond donors (Lipinski definition) is 1. The molecule has 4 heteroatoms. The van der Waals surface area contributed by atoms with Gasteiger partial charge in [-0.15, -0.1) is 0 Å². The first kappa shape index (κ1) is 15.3. The largest absolute Gasteiger partial charge is 0.373 e. The zero-order valence-corrected chi connectivity index (χ0v) is 13.6. The van der Waals surface area contributed by atoms with Gasteiger partial charge in [-0.2, -0.15) is 0 Å². The maximum absolute atomic E-state index is 12.7. The van der Waals surface area contributed by atoms with Gasteiger partial charge in [0.25, 0.3) is 5.91 Å². The molecule has 0 aliphatic carbocycles. The molecule has 0 saturated carbocycles. The molecular weight excluding hydrogens is 288 g/mol. The zero-order chi connectivity index (χ0) is 16.6. The molecule has 0 aromatic heterocycles. The Bertz CT molecular complexity index is 783. The van der Waals surface area contributed by atoms with Crippen molar-refractivity contribution in [3.05, 3.63) is 59.2 Å².